The summed E-state index contributed by atoms with van der Waals surface area (Å²) in [6.07, 6.45) is 6.09. The third kappa shape index (κ3) is 6.42. The zero-order chi connectivity index (χ0) is 16.5. The first-order valence-corrected chi connectivity index (χ1v) is 7.83. The Morgan fingerprint density at radius 1 is 1.35 bits per heavy atom. The predicted molar refractivity (Wildman–Crippen MR) is 89.5 cm³/mol. The molecular formula is C17H24N4O2. The number of benzene rings is 1. The maximum Gasteiger partial charge on any atom is 0.315 e. The molecule has 2 aromatic rings. The van der Waals surface area contributed by atoms with Crippen LogP contribution in [0.5, 0.6) is 5.75 Å². The molecule has 1 aromatic heterocycles. The van der Waals surface area contributed by atoms with Crippen molar-refractivity contribution in [1.29, 1.82) is 0 Å². The van der Waals surface area contributed by atoms with Crippen LogP contribution < -0.4 is 15.4 Å². The second-order valence-corrected chi connectivity index (χ2v) is 5.58. The minimum atomic E-state index is -0.159. The second kappa shape index (κ2) is 8.82. The van der Waals surface area contributed by atoms with E-state index >= 15 is 0 Å². The van der Waals surface area contributed by atoms with Gasteiger partial charge in [0.1, 0.15) is 5.75 Å². The van der Waals surface area contributed by atoms with Gasteiger partial charge in [-0.25, -0.2) is 9.78 Å². The molecule has 2 rings (SSSR count). The van der Waals surface area contributed by atoms with Gasteiger partial charge in [0.25, 0.3) is 0 Å². The fourth-order valence-electron chi connectivity index (χ4n) is 2.13. The van der Waals surface area contributed by atoms with E-state index in [1.54, 1.807) is 12.5 Å². The number of imidazole rings is 1. The lowest BCUT2D eigenvalue weighted by molar-refractivity contribution is 0.235. The summed E-state index contributed by atoms with van der Waals surface area (Å²) >= 11 is 0. The van der Waals surface area contributed by atoms with Crippen molar-refractivity contribution in [3.05, 3.63) is 48.5 Å². The lowest BCUT2D eigenvalue weighted by Crippen LogP contribution is -2.42. The van der Waals surface area contributed by atoms with Crippen LogP contribution in [0.2, 0.25) is 0 Å². The number of ether oxygens (including phenoxy) is 1. The van der Waals surface area contributed by atoms with Crippen molar-refractivity contribution >= 4 is 6.03 Å². The largest absolute Gasteiger partial charge is 0.494 e. The first kappa shape index (κ1) is 16.9. The van der Waals surface area contributed by atoms with E-state index in [0.29, 0.717) is 19.7 Å². The van der Waals surface area contributed by atoms with E-state index in [9.17, 15) is 4.79 Å². The number of aromatic nitrogens is 2. The van der Waals surface area contributed by atoms with Crippen molar-refractivity contribution in [3.63, 3.8) is 0 Å². The number of carbonyl (C=O) groups is 1. The molecule has 0 aliphatic heterocycles. The quantitative estimate of drug-likeness (QED) is 0.735. The van der Waals surface area contributed by atoms with Crippen LogP contribution >= 0.6 is 0 Å². The lowest BCUT2D eigenvalue weighted by atomic mass is 10.2. The average Bonchev–Trinajstić information content (AvgIpc) is 3.01. The highest BCUT2D eigenvalue weighted by Crippen LogP contribution is 2.11. The minimum absolute atomic E-state index is 0.0352. The highest BCUT2D eigenvalue weighted by Gasteiger charge is 2.06. The lowest BCUT2D eigenvalue weighted by Gasteiger charge is -2.15. The molecule has 0 saturated heterocycles. The van der Waals surface area contributed by atoms with Crippen LogP contribution in [0.25, 0.3) is 0 Å². The third-order valence-electron chi connectivity index (χ3n) is 3.32. The van der Waals surface area contributed by atoms with Crippen molar-refractivity contribution in [2.24, 2.45) is 0 Å². The smallest absolute Gasteiger partial charge is 0.315 e. The van der Waals surface area contributed by atoms with E-state index in [1.807, 2.05) is 48.9 Å². The van der Waals surface area contributed by atoms with Crippen molar-refractivity contribution in [2.75, 3.05) is 13.2 Å². The summed E-state index contributed by atoms with van der Waals surface area (Å²) in [6.45, 7) is 5.85. The molecule has 6 nitrogen and oxygen atoms in total. The van der Waals surface area contributed by atoms with Crippen LogP contribution in [0, 0.1) is 6.92 Å². The van der Waals surface area contributed by atoms with E-state index < -0.39 is 0 Å². The molecule has 0 unspecified atom stereocenters. The number of urea groups is 1. The molecule has 2 amide bonds. The fraction of sp³-hybridized carbons (Fsp3) is 0.412. The number of rotatable bonds is 8. The Hall–Kier alpha value is -2.50. The average molecular weight is 316 g/mol. The van der Waals surface area contributed by atoms with Gasteiger partial charge in [0.05, 0.1) is 12.9 Å². The Bertz CT molecular complexity index is 581. The van der Waals surface area contributed by atoms with Crippen molar-refractivity contribution < 1.29 is 9.53 Å². The first-order valence-electron chi connectivity index (χ1n) is 7.83. The van der Waals surface area contributed by atoms with Gasteiger partial charge in [-0.15, -0.1) is 0 Å². The molecular weight excluding hydrogens is 292 g/mol. The Morgan fingerprint density at radius 3 is 2.83 bits per heavy atom. The van der Waals surface area contributed by atoms with Crippen molar-refractivity contribution in [1.82, 2.24) is 20.2 Å². The molecule has 1 aromatic carbocycles. The summed E-state index contributed by atoms with van der Waals surface area (Å²) in [5.74, 6) is 0.856. The molecule has 0 aliphatic rings. The van der Waals surface area contributed by atoms with E-state index in [2.05, 4.69) is 15.6 Å². The summed E-state index contributed by atoms with van der Waals surface area (Å²) in [4.78, 5) is 15.7. The molecule has 124 valence electrons. The monoisotopic (exact) mass is 316 g/mol. The third-order valence-corrected chi connectivity index (χ3v) is 3.32. The van der Waals surface area contributed by atoms with E-state index in [4.69, 9.17) is 4.74 Å². The van der Waals surface area contributed by atoms with Crippen LogP contribution in [0.15, 0.2) is 43.0 Å². The second-order valence-electron chi connectivity index (χ2n) is 5.58. The zero-order valence-electron chi connectivity index (χ0n) is 13.7. The topological polar surface area (TPSA) is 68.2 Å². The molecule has 1 atom stereocenters. The summed E-state index contributed by atoms with van der Waals surface area (Å²) < 4.78 is 7.54. The van der Waals surface area contributed by atoms with Gasteiger partial charge in [-0.3, -0.25) is 0 Å². The molecule has 0 radical (unpaired) electrons. The van der Waals surface area contributed by atoms with Gasteiger partial charge in [0, 0.05) is 31.5 Å². The standard InChI is InChI=1S/C17H24N4O2/c1-14-4-6-16(7-5-14)23-11-3-8-19-17(22)20-15(2)12-21-10-9-18-13-21/h4-7,9-10,13,15H,3,8,11-12H2,1-2H3,(H2,19,20,22)/t15-/m1/s1. The zero-order valence-corrected chi connectivity index (χ0v) is 13.7. The van der Waals surface area contributed by atoms with Crippen LogP contribution in [0.1, 0.15) is 18.9 Å². The molecule has 0 spiro atoms. The van der Waals surface area contributed by atoms with Gasteiger partial charge in [0.2, 0.25) is 0 Å². The number of nitrogens with zero attached hydrogens (tertiary/aromatic N) is 2. The van der Waals surface area contributed by atoms with Gasteiger partial charge in [-0.1, -0.05) is 17.7 Å². The molecule has 0 aliphatic carbocycles. The number of hydrogen-bond donors (Lipinski definition) is 2. The molecule has 1 heterocycles. The molecule has 0 bridgehead atoms. The normalized spacial score (nSPS) is 11.7. The maximum absolute atomic E-state index is 11.8. The Morgan fingerprint density at radius 2 is 2.13 bits per heavy atom. The number of hydrogen-bond acceptors (Lipinski definition) is 3. The Balaban J connectivity index is 1.55. The summed E-state index contributed by atoms with van der Waals surface area (Å²) in [6, 6.07) is 7.81. The van der Waals surface area contributed by atoms with Gasteiger partial charge in [-0.2, -0.15) is 0 Å². The summed E-state index contributed by atoms with van der Waals surface area (Å²) in [7, 11) is 0. The van der Waals surface area contributed by atoms with Crippen LogP contribution in [0.4, 0.5) is 4.79 Å². The molecule has 0 saturated carbocycles. The van der Waals surface area contributed by atoms with Crippen molar-refractivity contribution in [2.45, 2.75) is 32.9 Å². The molecule has 6 heteroatoms. The summed E-state index contributed by atoms with van der Waals surface area (Å²) in [5, 5.41) is 5.73. The van der Waals surface area contributed by atoms with Gasteiger partial charge in [-0.05, 0) is 32.4 Å². The number of amides is 2. The maximum atomic E-state index is 11.8. The SMILES string of the molecule is Cc1ccc(OCCCNC(=O)N[C@H](C)Cn2ccnc2)cc1. The number of nitrogens with one attached hydrogen (secondary N) is 2. The van der Waals surface area contributed by atoms with Crippen LogP contribution in [-0.4, -0.2) is 34.8 Å². The molecule has 0 fully saturated rings. The van der Waals surface area contributed by atoms with Crippen LogP contribution in [-0.2, 0) is 6.54 Å². The van der Waals surface area contributed by atoms with E-state index in [-0.39, 0.29) is 12.1 Å². The number of aryl methyl sites for hydroxylation is 1. The van der Waals surface area contributed by atoms with Crippen LogP contribution in [0.3, 0.4) is 0 Å². The Kier molecular flexibility index (Phi) is 6.47. The van der Waals surface area contributed by atoms with E-state index in [0.717, 1.165) is 12.2 Å². The van der Waals surface area contributed by atoms with Gasteiger partial charge < -0.3 is 19.9 Å². The number of carbonyl (C=O) groups excluding carboxylic acids is 1. The predicted octanol–water partition coefficient (Wildman–Crippen LogP) is 2.35. The fourth-order valence-corrected chi connectivity index (χ4v) is 2.13. The molecule has 23 heavy (non-hydrogen) atoms. The molecule has 2 N–H and O–H groups in total. The highest BCUT2D eigenvalue weighted by molar-refractivity contribution is 5.74. The first-order chi connectivity index (χ1) is 11.1. The Labute approximate surface area is 136 Å². The summed E-state index contributed by atoms with van der Waals surface area (Å²) in [5.41, 5.74) is 1.21. The van der Waals surface area contributed by atoms with Gasteiger partial charge in [0.15, 0.2) is 0 Å². The highest BCUT2D eigenvalue weighted by atomic mass is 16.5. The minimum Gasteiger partial charge on any atom is -0.494 e. The van der Waals surface area contributed by atoms with E-state index in [1.165, 1.54) is 5.56 Å². The van der Waals surface area contributed by atoms with Gasteiger partial charge >= 0.3 is 6.03 Å². The van der Waals surface area contributed by atoms with Crippen molar-refractivity contribution in [3.8, 4) is 5.75 Å².